The van der Waals surface area contributed by atoms with Gasteiger partial charge < -0.3 is 4.74 Å². The maximum absolute atomic E-state index is 10.6. The van der Waals surface area contributed by atoms with Crippen LogP contribution in [0.15, 0.2) is 12.1 Å². The zero-order chi connectivity index (χ0) is 10.7. The molecule has 4 nitrogen and oxygen atoms in total. The van der Waals surface area contributed by atoms with Gasteiger partial charge >= 0.3 is 5.69 Å². The monoisotopic (exact) mass is 235 g/mol. The Labute approximate surface area is 90.5 Å². The van der Waals surface area contributed by atoms with E-state index in [-0.39, 0.29) is 17.3 Å². The van der Waals surface area contributed by atoms with Gasteiger partial charge in [0.2, 0.25) is 5.75 Å². The maximum atomic E-state index is 10.6. The molecule has 0 radical (unpaired) electrons. The van der Waals surface area contributed by atoms with Crippen molar-refractivity contribution < 1.29 is 9.66 Å². The second-order valence-corrected chi connectivity index (χ2v) is 3.14. The van der Waals surface area contributed by atoms with Crippen LogP contribution in [-0.4, -0.2) is 12.0 Å². The Bertz CT molecular complexity index is 368. The fourth-order valence-electron chi connectivity index (χ4n) is 1.09. The van der Waals surface area contributed by atoms with Gasteiger partial charge in [0, 0.05) is 16.7 Å². The van der Waals surface area contributed by atoms with Gasteiger partial charge in [0.05, 0.1) is 17.9 Å². The number of hydrogen-bond donors (Lipinski definition) is 0. The third kappa shape index (κ3) is 1.91. The van der Waals surface area contributed by atoms with Crippen LogP contribution in [0.3, 0.4) is 0 Å². The number of benzene rings is 1. The van der Waals surface area contributed by atoms with Crippen LogP contribution in [0.5, 0.6) is 5.75 Å². The van der Waals surface area contributed by atoms with Gasteiger partial charge in [-0.15, -0.1) is 11.6 Å². The summed E-state index contributed by atoms with van der Waals surface area (Å²) in [6, 6.07) is 2.72. The van der Waals surface area contributed by atoms with E-state index < -0.39 is 4.92 Å². The molecule has 0 saturated heterocycles. The van der Waals surface area contributed by atoms with E-state index >= 15 is 0 Å². The number of nitro groups is 1. The highest BCUT2D eigenvalue weighted by Gasteiger charge is 2.20. The molecule has 1 rings (SSSR count). The Hall–Kier alpha value is -1.000. The van der Waals surface area contributed by atoms with Crippen molar-refractivity contribution in [1.82, 2.24) is 0 Å². The molecule has 0 aromatic heterocycles. The van der Waals surface area contributed by atoms with Crippen molar-refractivity contribution in [1.29, 1.82) is 0 Å². The topological polar surface area (TPSA) is 52.4 Å². The zero-order valence-corrected chi connectivity index (χ0v) is 8.80. The van der Waals surface area contributed by atoms with Gasteiger partial charge in [-0.05, 0) is 6.07 Å². The minimum Gasteiger partial charge on any atom is -0.490 e. The molecular formula is C8H7Cl2NO3. The first-order chi connectivity index (χ1) is 6.61. The molecule has 0 fully saturated rings. The molecule has 0 unspecified atom stereocenters. The van der Waals surface area contributed by atoms with Crippen molar-refractivity contribution >= 4 is 28.9 Å². The van der Waals surface area contributed by atoms with E-state index in [0.29, 0.717) is 10.6 Å². The van der Waals surface area contributed by atoms with E-state index in [9.17, 15) is 10.1 Å². The maximum Gasteiger partial charge on any atom is 0.311 e. The molecule has 1 aromatic rings. The van der Waals surface area contributed by atoms with Crippen molar-refractivity contribution in [3.8, 4) is 5.75 Å². The highest BCUT2D eigenvalue weighted by Crippen LogP contribution is 2.36. The van der Waals surface area contributed by atoms with E-state index in [0.717, 1.165) is 0 Å². The van der Waals surface area contributed by atoms with E-state index in [1.807, 2.05) is 0 Å². The van der Waals surface area contributed by atoms with Crippen LogP contribution in [-0.2, 0) is 5.88 Å². The largest absolute Gasteiger partial charge is 0.490 e. The summed E-state index contributed by atoms with van der Waals surface area (Å²) in [5.41, 5.74) is 0.303. The smallest absolute Gasteiger partial charge is 0.311 e. The standard InChI is InChI=1S/C8H7Cl2NO3/c1-14-8-5(4-9)6(10)2-3-7(8)11(12)13/h2-3H,4H2,1H3. The molecule has 0 N–H and O–H groups in total. The minimum atomic E-state index is -0.536. The van der Waals surface area contributed by atoms with Crippen LogP contribution < -0.4 is 4.74 Å². The fourth-order valence-corrected chi connectivity index (χ4v) is 1.64. The Balaban J connectivity index is 3.40. The number of nitrogens with zero attached hydrogens (tertiary/aromatic N) is 1. The predicted octanol–water partition coefficient (Wildman–Crippen LogP) is 3.00. The number of hydrogen-bond acceptors (Lipinski definition) is 3. The van der Waals surface area contributed by atoms with E-state index in [4.69, 9.17) is 27.9 Å². The average molecular weight is 236 g/mol. The molecule has 0 aliphatic rings. The van der Waals surface area contributed by atoms with Crippen molar-refractivity contribution in [2.45, 2.75) is 5.88 Å². The van der Waals surface area contributed by atoms with Crippen LogP contribution in [0.25, 0.3) is 0 Å². The van der Waals surface area contributed by atoms with Gasteiger partial charge in [0.25, 0.3) is 0 Å². The first kappa shape index (κ1) is 11.1. The van der Waals surface area contributed by atoms with Gasteiger partial charge in [0.15, 0.2) is 0 Å². The van der Waals surface area contributed by atoms with E-state index in [2.05, 4.69) is 0 Å². The van der Waals surface area contributed by atoms with E-state index in [1.54, 1.807) is 0 Å². The fraction of sp³-hybridized carbons (Fsp3) is 0.250. The Morgan fingerprint density at radius 1 is 1.57 bits per heavy atom. The molecule has 0 aliphatic heterocycles. The molecule has 0 spiro atoms. The molecule has 0 amide bonds. The number of ether oxygens (including phenoxy) is 1. The molecule has 6 heteroatoms. The van der Waals surface area contributed by atoms with Gasteiger partial charge in [-0.2, -0.15) is 0 Å². The predicted molar refractivity (Wildman–Crippen MR) is 54.2 cm³/mol. The molecule has 0 saturated carbocycles. The van der Waals surface area contributed by atoms with Gasteiger partial charge in [0.1, 0.15) is 0 Å². The van der Waals surface area contributed by atoms with Crippen molar-refractivity contribution in [3.63, 3.8) is 0 Å². The molecule has 0 aliphatic carbocycles. The Morgan fingerprint density at radius 3 is 2.64 bits per heavy atom. The number of alkyl halides is 1. The second-order valence-electron chi connectivity index (χ2n) is 2.47. The highest BCUT2D eigenvalue weighted by atomic mass is 35.5. The quantitative estimate of drug-likeness (QED) is 0.460. The van der Waals surface area contributed by atoms with E-state index in [1.165, 1.54) is 19.2 Å². The summed E-state index contributed by atoms with van der Waals surface area (Å²) in [6.07, 6.45) is 0. The lowest BCUT2D eigenvalue weighted by Crippen LogP contribution is -1.97. The molecule has 1 aromatic carbocycles. The summed E-state index contributed by atoms with van der Waals surface area (Å²) in [5, 5.41) is 11.0. The van der Waals surface area contributed by atoms with Crippen LogP contribution in [0.1, 0.15) is 5.56 Å². The van der Waals surface area contributed by atoms with Crippen LogP contribution in [0, 0.1) is 10.1 Å². The van der Waals surface area contributed by atoms with Gasteiger partial charge in [-0.3, -0.25) is 10.1 Å². The number of methoxy groups -OCH3 is 1. The number of nitro benzene ring substituents is 1. The second kappa shape index (κ2) is 4.48. The van der Waals surface area contributed by atoms with Crippen molar-refractivity contribution in [3.05, 3.63) is 32.8 Å². The van der Waals surface area contributed by atoms with Crippen LogP contribution in [0.4, 0.5) is 5.69 Å². The normalized spacial score (nSPS) is 9.93. The van der Waals surface area contributed by atoms with Crippen molar-refractivity contribution in [2.24, 2.45) is 0 Å². The molecule has 0 bridgehead atoms. The summed E-state index contributed by atoms with van der Waals surface area (Å²) < 4.78 is 4.90. The summed E-state index contributed by atoms with van der Waals surface area (Å²) in [5.74, 6) is 0.196. The van der Waals surface area contributed by atoms with Gasteiger partial charge in [-0.1, -0.05) is 11.6 Å². The number of rotatable bonds is 3. The molecule has 0 atom stereocenters. The lowest BCUT2D eigenvalue weighted by atomic mass is 10.2. The number of halogens is 2. The third-order valence-electron chi connectivity index (χ3n) is 1.72. The van der Waals surface area contributed by atoms with Crippen molar-refractivity contribution in [2.75, 3.05) is 7.11 Å². The summed E-state index contributed by atoms with van der Waals surface area (Å²) in [4.78, 5) is 10.1. The first-order valence-corrected chi connectivity index (χ1v) is 4.58. The summed E-state index contributed by atoms with van der Waals surface area (Å²) in [6.45, 7) is 0. The summed E-state index contributed by atoms with van der Waals surface area (Å²) in [7, 11) is 1.34. The molecular weight excluding hydrogens is 229 g/mol. The Kier molecular flexibility index (Phi) is 3.55. The molecule has 76 valence electrons. The van der Waals surface area contributed by atoms with Gasteiger partial charge in [-0.25, -0.2) is 0 Å². The lowest BCUT2D eigenvalue weighted by Gasteiger charge is -2.07. The minimum absolute atomic E-state index is 0.0731. The lowest BCUT2D eigenvalue weighted by molar-refractivity contribution is -0.385. The molecule has 14 heavy (non-hydrogen) atoms. The van der Waals surface area contributed by atoms with Crippen LogP contribution in [0.2, 0.25) is 5.02 Å². The highest BCUT2D eigenvalue weighted by molar-refractivity contribution is 6.32. The van der Waals surface area contributed by atoms with Crippen LogP contribution >= 0.6 is 23.2 Å². The Morgan fingerprint density at radius 2 is 2.21 bits per heavy atom. The summed E-state index contributed by atoms with van der Waals surface area (Å²) >= 11 is 11.4. The zero-order valence-electron chi connectivity index (χ0n) is 7.29. The average Bonchev–Trinajstić information content (AvgIpc) is 2.16. The SMILES string of the molecule is COc1c([N+](=O)[O-])ccc(Cl)c1CCl. The first-order valence-electron chi connectivity index (χ1n) is 3.67. The third-order valence-corrected chi connectivity index (χ3v) is 2.34. The molecule has 0 heterocycles.